The van der Waals surface area contributed by atoms with Crippen LogP contribution in [0.2, 0.25) is 0 Å². The molecule has 1 atom stereocenters. The van der Waals surface area contributed by atoms with Crippen molar-refractivity contribution in [3.63, 3.8) is 0 Å². The summed E-state index contributed by atoms with van der Waals surface area (Å²) in [5, 5.41) is 5.44. The standard InChI is InChI=1S/C15H26N4S/c1-11(2)8-17-15(16)18-9-12(3)19-6-4-14-13(10-19)5-7-20-14/h5,7,11-12H,4,6,8-10H2,1-3H3,(H3,16,17,18). The van der Waals surface area contributed by atoms with E-state index in [1.165, 1.54) is 12.0 Å². The molecular formula is C15H26N4S. The lowest BCUT2D eigenvalue weighted by Crippen LogP contribution is -2.45. The van der Waals surface area contributed by atoms with Crippen molar-refractivity contribution in [2.75, 3.05) is 19.6 Å². The molecule has 1 aliphatic heterocycles. The summed E-state index contributed by atoms with van der Waals surface area (Å²) in [7, 11) is 0. The van der Waals surface area contributed by atoms with Gasteiger partial charge in [0.1, 0.15) is 0 Å². The number of thiophene rings is 1. The molecule has 2 heterocycles. The van der Waals surface area contributed by atoms with Crippen LogP contribution in [0.15, 0.2) is 16.4 Å². The number of nitrogens with one attached hydrogen (secondary N) is 1. The van der Waals surface area contributed by atoms with Gasteiger partial charge in [0.2, 0.25) is 0 Å². The van der Waals surface area contributed by atoms with Crippen LogP contribution in [0.25, 0.3) is 0 Å². The van der Waals surface area contributed by atoms with Gasteiger partial charge in [0, 0.05) is 37.1 Å². The van der Waals surface area contributed by atoms with Crippen molar-refractivity contribution in [3.8, 4) is 0 Å². The zero-order chi connectivity index (χ0) is 14.5. The maximum Gasteiger partial charge on any atom is 0.188 e. The number of aliphatic imine (C=N–C) groups is 1. The van der Waals surface area contributed by atoms with Gasteiger partial charge in [-0.1, -0.05) is 13.8 Å². The largest absolute Gasteiger partial charge is 0.370 e. The Morgan fingerprint density at radius 1 is 1.50 bits per heavy atom. The van der Waals surface area contributed by atoms with Crippen LogP contribution >= 0.6 is 11.3 Å². The highest BCUT2D eigenvalue weighted by Crippen LogP contribution is 2.24. The molecule has 1 aliphatic rings. The normalized spacial score (nSPS) is 18.1. The first-order valence-electron chi connectivity index (χ1n) is 7.39. The summed E-state index contributed by atoms with van der Waals surface area (Å²) in [6.45, 7) is 10.4. The van der Waals surface area contributed by atoms with Gasteiger partial charge in [-0.05, 0) is 36.3 Å². The van der Waals surface area contributed by atoms with Crippen molar-refractivity contribution < 1.29 is 0 Å². The Bertz CT molecular complexity index is 452. The van der Waals surface area contributed by atoms with Gasteiger partial charge < -0.3 is 11.1 Å². The minimum Gasteiger partial charge on any atom is -0.370 e. The number of nitrogens with two attached hydrogens (primary N) is 1. The summed E-state index contributed by atoms with van der Waals surface area (Å²) in [6, 6.07) is 2.72. The van der Waals surface area contributed by atoms with E-state index < -0.39 is 0 Å². The first-order chi connectivity index (χ1) is 9.56. The van der Waals surface area contributed by atoms with E-state index in [9.17, 15) is 0 Å². The molecule has 0 spiro atoms. The molecule has 5 heteroatoms. The fourth-order valence-corrected chi connectivity index (χ4v) is 3.25. The van der Waals surface area contributed by atoms with Gasteiger partial charge in [-0.2, -0.15) is 0 Å². The Kier molecular flexibility index (Phi) is 5.43. The monoisotopic (exact) mass is 294 g/mol. The first-order valence-corrected chi connectivity index (χ1v) is 8.27. The highest BCUT2D eigenvalue weighted by molar-refractivity contribution is 7.10. The lowest BCUT2D eigenvalue weighted by molar-refractivity contribution is 0.193. The molecule has 2 rings (SSSR count). The van der Waals surface area contributed by atoms with Crippen LogP contribution in [0.1, 0.15) is 31.2 Å². The number of rotatable bonds is 5. The fraction of sp³-hybridized carbons (Fsp3) is 0.667. The van der Waals surface area contributed by atoms with E-state index in [0.717, 1.165) is 26.2 Å². The maximum absolute atomic E-state index is 5.88. The average molecular weight is 294 g/mol. The molecule has 0 radical (unpaired) electrons. The van der Waals surface area contributed by atoms with Crippen LogP contribution in [0.4, 0.5) is 0 Å². The smallest absolute Gasteiger partial charge is 0.188 e. The number of guanidine groups is 1. The molecule has 0 saturated carbocycles. The van der Waals surface area contributed by atoms with Crippen LogP contribution in [-0.2, 0) is 13.0 Å². The number of hydrogen-bond acceptors (Lipinski definition) is 3. The van der Waals surface area contributed by atoms with Crippen LogP contribution in [0.5, 0.6) is 0 Å². The molecule has 0 amide bonds. The Balaban J connectivity index is 1.78. The third kappa shape index (κ3) is 4.21. The van der Waals surface area contributed by atoms with Crippen molar-refractivity contribution in [3.05, 3.63) is 21.9 Å². The zero-order valence-electron chi connectivity index (χ0n) is 12.7. The van der Waals surface area contributed by atoms with E-state index in [4.69, 9.17) is 5.73 Å². The summed E-state index contributed by atoms with van der Waals surface area (Å²) in [5.41, 5.74) is 7.38. The molecule has 1 unspecified atom stereocenters. The predicted octanol–water partition coefficient (Wildman–Crippen LogP) is 2.06. The van der Waals surface area contributed by atoms with Gasteiger partial charge >= 0.3 is 0 Å². The summed E-state index contributed by atoms with van der Waals surface area (Å²) in [5.74, 6) is 1.12. The molecule has 0 aromatic carbocycles. The van der Waals surface area contributed by atoms with E-state index in [2.05, 4.69) is 47.4 Å². The van der Waals surface area contributed by atoms with Crippen LogP contribution in [0.3, 0.4) is 0 Å². The van der Waals surface area contributed by atoms with Gasteiger partial charge in [-0.25, -0.2) is 0 Å². The van der Waals surface area contributed by atoms with Gasteiger partial charge in [-0.3, -0.25) is 9.89 Å². The van der Waals surface area contributed by atoms with Crippen molar-refractivity contribution >= 4 is 17.3 Å². The van der Waals surface area contributed by atoms with E-state index in [1.54, 1.807) is 4.88 Å². The van der Waals surface area contributed by atoms with Gasteiger partial charge in [-0.15, -0.1) is 11.3 Å². The summed E-state index contributed by atoms with van der Waals surface area (Å²) < 4.78 is 0. The Morgan fingerprint density at radius 3 is 3.05 bits per heavy atom. The Morgan fingerprint density at radius 2 is 2.30 bits per heavy atom. The predicted molar refractivity (Wildman–Crippen MR) is 87.2 cm³/mol. The topological polar surface area (TPSA) is 53.6 Å². The zero-order valence-corrected chi connectivity index (χ0v) is 13.5. The molecule has 0 bridgehead atoms. The lowest BCUT2D eigenvalue weighted by Gasteiger charge is -2.32. The molecule has 20 heavy (non-hydrogen) atoms. The Hall–Kier alpha value is -1.07. The van der Waals surface area contributed by atoms with E-state index >= 15 is 0 Å². The minimum absolute atomic E-state index is 0.468. The van der Waals surface area contributed by atoms with Gasteiger partial charge in [0.05, 0.1) is 0 Å². The molecule has 0 fully saturated rings. The second-order valence-corrected chi connectivity index (χ2v) is 6.94. The highest BCUT2D eigenvalue weighted by Gasteiger charge is 2.21. The molecular weight excluding hydrogens is 268 g/mol. The number of nitrogens with zero attached hydrogens (tertiary/aromatic N) is 2. The quantitative estimate of drug-likeness (QED) is 0.645. The molecule has 1 aromatic rings. The molecule has 0 saturated heterocycles. The van der Waals surface area contributed by atoms with Crippen molar-refractivity contribution in [1.82, 2.24) is 10.2 Å². The summed E-state index contributed by atoms with van der Waals surface area (Å²) in [6.07, 6.45) is 1.17. The molecule has 0 aliphatic carbocycles. The minimum atomic E-state index is 0.468. The fourth-order valence-electron chi connectivity index (χ4n) is 2.36. The van der Waals surface area contributed by atoms with Crippen LogP contribution in [-0.4, -0.2) is 36.5 Å². The second-order valence-electron chi connectivity index (χ2n) is 5.94. The first kappa shape index (κ1) is 15.3. The summed E-state index contributed by atoms with van der Waals surface area (Å²) in [4.78, 5) is 8.40. The molecule has 3 N–H and O–H groups in total. The number of fused-ring (bicyclic) bond motifs is 1. The van der Waals surface area contributed by atoms with E-state index in [-0.39, 0.29) is 0 Å². The van der Waals surface area contributed by atoms with Crippen molar-refractivity contribution in [1.29, 1.82) is 0 Å². The summed E-state index contributed by atoms with van der Waals surface area (Å²) >= 11 is 1.89. The highest BCUT2D eigenvalue weighted by atomic mass is 32.1. The van der Waals surface area contributed by atoms with E-state index in [0.29, 0.717) is 17.9 Å². The maximum atomic E-state index is 5.88. The van der Waals surface area contributed by atoms with Crippen molar-refractivity contribution in [2.24, 2.45) is 16.6 Å². The van der Waals surface area contributed by atoms with Crippen molar-refractivity contribution in [2.45, 2.75) is 39.8 Å². The van der Waals surface area contributed by atoms with Crippen LogP contribution in [0, 0.1) is 5.92 Å². The molecule has 1 aromatic heterocycles. The van der Waals surface area contributed by atoms with Gasteiger partial charge in [0.25, 0.3) is 0 Å². The van der Waals surface area contributed by atoms with E-state index in [1.807, 2.05) is 11.3 Å². The molecule has 112 valence electrons. The second kappa shape index (κ2) is 7.09. The Labute approximate surface area is 126 Å². The SMILES string of the molecule is CC(C)CN=C(N)NCC(C)N1CCc2sccc2C1. The lowest BCUT2D eigenvalue weighted by atomic mass is 10.1. The third-order valence-electron chi connectivity index (χ3n) is 3.67. The van der Waals surface area contributed by atoms with Crippen LogP contribution < -0.4 is 11.1 Å². The van der Waals surface area contributed by atoms with Gasteiger partial charge in [0.15, 0.2) is 5.96 Å². The average Bonchev–Trinajstić information content (AvgIpc) is 2.89. The third-order valence-corrected chi connectivity index (χ3v) is 4.69. The molecule has 4 nitrogen and oxygen atoms in total. The number of hydrogen-bond donors (Lipinski definition) is 2.